The second-order valence-corrected chi connectivity index (χ2v) is 11.1. The maximum absolute atomic E-state index is 13.8. The molecule has 2 fully saturated rings. The summed E-state index contributed by atoms with van der Waals surface area (Å²) < 4.78 is 128. The van der Waals surface area contributed by atoms with E-state index in [4.69, 9.17) is 16.3 Å². The van der Waals surface area contributed by atoms with Crippen LogP contribution in [0.15, 0.2) is 59.7 Å². The van der Waals surface area contributed by atoms with E-state index < -0.39 is 71.9 Å². The number of halogens is 10. The molecule has 3 aliphatic rings. The number of ether oxygens (including phenoxy) is 1. The van der Waals surface area contributed by atoms with Crippen LogP contribution in [0.5, 0.6) is 0 Å². The summed E-state index contributed by atoms with van der Waals surface area (Å²) in [6, 6.07) is 6.04. The molecule has 42 heavy (non-hydrogen) atoms. The Morgan fingerprint density at radius 3 is 2.24 bits per heavy atom. The smallest absolute Gasteiger partial charge is 0.416 e. The Kier molecular flexibility index (Phi) is 7.60. The minimum atomic E-state index is -5.08. The molecule has 2 aliphatic heterocycles. The number of benzene rings is 2. The molecule has 2 saturated heterocycles. The predicted molar refractivity (Wildman–Crippen MR) is 135 cm³/mol. The molecule has 2 heterocycles. The van der Waals surface area contributed by atoms with Gasteiger partial charge in [-0.25, -0.2) is 4.79 Å². The summed E-state index contributed by atoms with van der Waals surface area (Å²) in [4.78, 5) is 14.4. The van der Waals surface area contributed by atoms with Crippen LogP contribution in [0.4, 0.5) is 44.3 Å². The Morgan fingerprint density at radius 2 is 1.60 bits per heavy atom. The Hall–Kier alpha value is -3.15. The molecule has 0 radical (unpaired) electrons. The van der Waals surface area contributed by atoms with E-state index in [0.29, 0.717) is 34.2 Å². The van der Waals surface area contributed by atoms with Crippen molar-refractivity contribution in [2.75, 3.05) is 0 Å². The standard InChI is InChI=1S/C29H23ClF9NO2/c1-14-5-7-19(30)13-21(14)20-8-6-16(27(31,32)33)12-22(20)23-3-2-4-24-25(42-26(41)40(23)24)15-9-17(28(34,35)36)11-18(10-15)29(37,38)39/h5-9,11-13,15,23-25H,2-4,10H2,1H3/t15?,23-,24-,25+/m0/s1. The Balaban J connectivity index is 1.57. The number of cyclic esters (lactones) is 1. The van der Waals surface area contributed by atoms with Gasteiger partial charge >= 0.3 is 24.6 Å². The van der Waals surface area contributed by atoms with Gasteiger partial charge in [-0.2, -0.15) is 39.5 Å². The van der Waals surface area contributed by atoms with E-state index in [1.165, 1.54) is 11.0 Å². The van der Waals surface area contributed by atoms with Gasteiger partial charge in [0.05, 0.1) is 23.2 Å². The number of nitrogens with zero attached hydrogens (tertiary/aromatic N) is 1. The highest BCUT2D eigenvalue weighted by Gasteiger charge is 2.53. The average Bonchev–Trinajstić information content (AvgIpc) is 3.24. The lowest BCUT2D eigenvalue weighted by atomic mass is 9.79. The molecule has 0 spiro atoms. The third-order valence-corrected chi connectivity index (χ3v) is 8.25. The molecule has 1 aliphatic carbocycles. The molecule has 5 rings (SSSR count). The van der Waals surface area contributed by atoms with Crippen molar-refractivity contribution in [3.8, 4) is 11.1 Å². The van der Waals surface area contributed by atoms with Crippen LogP contribution in [-0.4, -0.2) is 35.5 Å². The van der Waals surface area contributed by atoms with Gasteiger partial charge in [0.15, 0.2) is 0 Å². The van der Waals surface area contributed by atoms with Crippen molar-refractivity contribution < 1.29 is 49.0 Å². The molecule has 0 saturated carbocycles. The molecule has 0 bridgehead atoms. The van der Waals surface area contributed by atoms with E-state index >= 15 is 0 Å². The van der Waals surface area contributed by atoms with Gasteiger partial charge in [-0.3, -0.25) is 4.90 Å². The number of rotatable bonds is 3. The first-order valence-corrected chi connectivity index (χ1v) is 13.4. The van der Waals surface area contributed by atoms with Crippen molar-refractivity contribution in [1.82, 2.24) is 4.90 Å². The summed E-state index contributed by atoms with van der Waals surface area (Å²) in [6.45, 7) is 1.73. The fourth-order valence-electron chi connectivity index (χ4n) is 6.12. The number of carbonyl (C=O) groups excluding carboxylic acids is 1. The molecule has 2 aromatic rings. The Labute approximate surface area is 239 Å². The maximum atomic E-state index is 13.8. The monoisotopic (exact) mass is 623 g/mol. The van der Waals surface area contributed by atoms with Gasteiger partial charge in [-0.1, -0.05) is 29.8 Å². The zero-order valence-corrected chi connectivity index (χ0v) is 22.6. The van der Waals surface area contributed by atoms with Crippen molar-refractivity contribution >= 4 is 17.7 Å². The van der Waals surface area contributed by atoms with Gasteiger partial charge in [0.1, 0.15) is 6.10 Å². The summed E-state index contributed by atoms with van der Waals surface area (Å²) in [5, 5.41) is 0.321. The van der Waals surface area contributed by atoms with E-state index in [1.807, 2.05) is 0 Å². The number of piperidine rings is 1. The van der Waals surface area contributed by atoms with Crippen LogP contribution in [0, 0.1) is 12.8 Å². The van der Waals surface area contributed by atoms with Gasteiger partial charge in [0.2, 0.25) is 0 Å². The van der Waals surface area contributed by atoms with Gasteiger partial charge < -0.3 is 4.74 Å². The summed E-state index contributed by atoms with van der Waals surface area (Å²) in [5.74, 6) is -1.45. The average molecular weight is 624 g/mol. The molecular formula is C29H23ClF9NO2. The number of amides is 1. The first-order chi connectivity index (χ1) is 19.4. The normalized spacial score (nSPS) is 25.1. The zero-order chi connectivity index (χ0) is 30.8. The van der Waals surface area contributed by atoms with Gasteiger partial charge in [-0.15, -0.1) is 0 Å². The van der Waals surface area contributed by atoms with Crippen LogP contribution >= 0.6 is 11.6 Å². The molecular weight excluding hydrogens is 601 g/mol. The summed E-state index contributed by atoms with van der Waals surface area (Å²) in [6.07, 6.45) is -16.6. The van der Waals surface area contributed by atoms with E-state index in [9.17, 15) is 44.3 Å². The fraction of sp³-hybridized carbons (Fsp3) is 0.414. The largest absolute Gasteiger partial charge is 0.443 e. The number of aryl methyl sites for hydroxylation is 1. The first-order valence-electron chi connectivity index (χ1n) is 13.0. The number of hydrogen-bond acceptors (Lipinski definition) is 2. The lowest BCUT2D eigenvalue weighted by molar-refractivity contribution is -0.137. The topological polar surface area (TPSA) is 29.5 Å². The molecule has 4 atom stereocenters. The van der Waals surface area contributed by atoms with Crippen LogP contribution in [-0.2, 0) is 10.9 Å². The van der Waals surface area contributed by atoms with E-state index in [-0.39, 0.29) is 24.5 Å². The number of hydrogen-bond donors (Lipinski definition) is 0. The van der Waals surface area contributed by atoms with E-state index in [0.717, 1.165) is 12.1 Å². The lowest BCUT2D eigenvalue weighted by Gasteiger charge is -2.39. The van der Waals surface area contributed by atoms with Crippen molar-refractivity contribution in [1.29, 1.82) is 0 Å². The Bertz CT molecular complexity index is 1460. The van der Waals surface area contributed by atoms with Crippen LogP contribution in [0.2, 0.25) is 5.02 Å². The SMILES string of the molecule is Cc1ccc(Cl)cc1-c1ccc(C(F)(F)F)cc1[C@@H]1CCC[C@H]2[C@@H](C3C=C(C(F)(F)F)C=C(C(F)(F)F)C3)OC(=O)N12. The minimum absolute atomic E-state index is 0.0525. The van der Waals surface area contributed by atoms with Crippen molar-refractivity contribution in [2.45, 2.75) is 69.3 Å². The number of fused-ring (bicyclic) bond motifs is 1. The molecule has 1 amide bonds. The molecule has 2 aromatic carbocycles. The van der Waals surface area contributed by atoms with Crippen LogP contribution in [0.25, 0.3) is 11.1 Å². The minimum Gasteiger partial charge on any atom is -0.443 e. The van der Waals surface area contributed by atoms with Crippen molar-refractivity contribution in [3.05, 3.63) is 81.4 Å². The molecule has 0 N–H and O–H groups in total. The molecule has 1 unspecified atom stereocenters. The zero-order valence-electron chi connectivity index (χ0n) is 21.8. The van der Waals surface area contributed by atoms with Crippen LogP contribution in [0.3, 0.4) is 0 Å². The molecule has 226 valence electrons. The van der Waals surface area contributed by atoms with Crippen LogP contribution in [0.1, 0.15) is 48.4 Å². The number of carbonyl (C=O) groups is 1. The second-order valence-electron chi connectivity index (χ2n) is 10.7. The maximum Gasteiger partial charge on any atom is 0.416 e. The highest BCUT2D eigenvalue weighted by Crippen LogP contribution is 2.49. The van der Waals surface area contributed by atoms with Crippen molar-refractivity contribution in [2.24, 2.45) is 5.92 Å². The molecule has 3 nitrogen and oxygen atoms in total. The third kappa shape index (κ3) is 5.74. The van der Waals surface area contributed by atoms with Gasteiger partial charge in [-0.05, 0) is 85.2 Å². The van der Waals surface area contributed by atoms with Gasteiger partial charge in [0.25, 0.3) is 0 Å². The highest BCUT2D eigenvalue weighted by molar-refractivity contribution is 6.30. The predicted octanol–water partition coefficient (Wildman–Crippen LogP) is 9.75. The van der Waals surface area contributed by atoms with Crippen LogP contribution < -0.4 is 0 Å². The van der Waals surface area contributed by atoms with E-state index in [2.05, 4.69) is 0 Å². The Morgan fingerprint density at radius 1 is 0.881 bits per heavy atom. The third-order valence-electron chi connectivity index (χ3n) is 8.02. The van der Waals surface area contributed by atoms with Gasteiger partial charge in [0, 0.05) is 16.5 Å². The summed E-state index contributed by atoms with van der Waals surface area (Å²) >= 11 is 6.18. The second kappa shape index (κ2) is 10.5. The quantitative estimate of drug-likeness (QED) is 0.319. The fourth-order valence-corrected chi connectivity index (χ4v) is 6.29. The van der Waals surface area contributed by atoms with E-state index in [1.54, 1.807) is 25.1 Å². The molecule has 13 heteroatoms. The van der Waals surface area contributed by atoms with Crippen molar-refractivity contribution in [3.63, 3.8) is 0 Å². The lowest BCUT2D eigenvalue weighted by Crippen LogP contribution is -2.45. The highest BCUT2D eigenvalue weighted by atomic mass is 35.5. The molecule has 0 aromatic heterocycles. The summed E-state index contributed by atoms with van der Waals surface area (Å²) in [7, 11) is 0. The number of alkyl halides is 9. The number of allylic oxidation sites excluding steroid dienone is 3. The summed E-state index contributed by atoms with van der Waals surface area (Å²) in [5.41, 5.74) is -2.18. The first kappa shape index (κ1) is 30.3.